The van der Waals surface area contributed by atoms with Crippen LogP contribution in [0.15, 0.2) is 186 Å². The molecule has 1 aliphatic carbocycles. The summed E-state index contributed by atoms with van der Waals surface area (Å²) in [5.41, 5.74) is 12.9. The van der Waals surface area contributed by atoms with Crippen molar-refractivity contribution in [1.29, 1.82) is 0 Å². The number of aromatic nitrogens is 4. The van der Waals surface area contributed by atoms with Gasteiger partial charge in [-0.3, -0.25) is 4.57 Å². The van der Waals surface area contributed by atoms with E-state index in [1.807, 2.05) is 36.4 Å². The van der Waals surface area contributed by atoms with Crippen molar-refractivity contribution >= 4 is 65.3 Å². The first-order valence-corrected chi connectivity index (χ1v) is 22.3. The van der Waals surface area contributed by atoms with Crippen LogP contribution in [-0.4, -0.2) is 19.5 Å². The zero-order valence-corrected chi connectivity index (χ0v) is 36.2. The Morgan fingerprint density at radius 3 is 1.80 bits per heavy atom. The van der Waals surface area contributed by atoms with E-state index in [1.54, 1.807) is 0 Å². The maximum atomic E-state index is 6.40. The zero-order valence-electron chi connectivity index (χ0n) is 36.2. The lowest BCUT2D eigenvalue weighted by Gasteiger charge is -2.21. The predicted molar refractivity (Wildman–Crippen MR) is 266 cm³/mol. The molecule has 0 N–H and O–H groups in total. The number of fused-ring (bicyclic) bond motifs is 14. The van der Waals surface area contributed by atoms with Crippen molar-refractivity contribution in [3.63, 3.8) is 0 Å². The standard InChI is InChI=1S/C56H36N4O.C3H8/c1-56(2)45-27-12-10-23-43(45)49-40(24-15-28-46(49)56)42-25-14-26-44-50-39-21-8-6-18-35(39)36-19-7-9-22-41(36)52(50)60(51(42)44)55-58-53(33-16-4-3-5-17-33)57-54(59-55)34-30-31-38-37-20-11-13-29-47(37)61-48(38)32-34;1-3-2/h3-32H,1-2H3;3H2,1-2H3. The molecule has 0 saturated heterocycles. The molecule has 1 aliphatic rings. The van der Waals surface area contributed by atoms with Gasteiger partial charge in [0.05, 0.1) is 11.0 Å². The molecule has 0 spiro atoms. The number of benzene rings is 9. The zero-order chi connectivity index (χ0) is 43.1. The van der Waals surface area contributed by atoms with Crippen LogP contribution in [0, 0.1) is 0 Å². The molecule has 3 heterocycles. The Hall–Kier alpha value is -7.89. The predicted octanol–water partition coefficient (Wildman–Crippen LogP) is 15.9. The molecule has 5 heteroatoms. The molecule has 9 aromatic carbocycles. The fraction of sp³-hybridized carbons (Fsp3) is 0.102. The Morgan fingerprint density at radius 1 is 0.438 bits per heavy atom. The van der Waals surface area contributed by atoms with Gasteiger partial charge in [0.25, 0.3) is 0 Å². The highest BCUT2D eigenvalue weighted by atomic mass is 16.3. The Morgan fingerprint density at radius 2 is 1.00 bits per heavy atom. The van der Waals surface area contributed by atoms with E-state index in [1.165, 1.54) is 55.8 Å². The minimum absolute atomic E-state index is 0.149. The molecule has 5 nitrogen and oxygen atoms in total. The van der Waals surface area contributed by atoms with E-state index in [4.69, 9.17) is 19.4 Å². The van der Waals surface area contributed by atoms with Gasteiger partial charge in [0.15, 0.2) is 11.6 Å². The maximum absolute atomic E-state index is 6.40. The van der Waals surface area contributed by atoms with Gasteiger partial charge in [0.1, 0.15) is 11.2 Å². The maximum Gasteiger partial charge on any atom is 0.238 e. The first kappa shape index (κ1) is 37.8. The highest BCUT2D eigenvalue weighted by Crippen LogP contribution is 2.54. The van der Waals surface area contributed by atoms with Crippen molar-refractivity contribution in [2.45, 2.75) is 39.5 Å². The van der Waals surface area contributed by atoms with E-state index in [0.29, 0.717) is 17.6 Å². The monoisotopic (exact) mass is 824 g/mol. The molecule has 12 aromatic rings. The highest BCUT2D eigenvalue weighted by molar-refractivity contribution is 6.33. The van der Waals surface area contributed by atoms with Gasteiger partial charge < -0.3 is 4.42 Å². The molecular formula is C59H44N4O. The van der Waals surface area contributed by atoms with Gasteiger partial charge in [0.2, 0.25) is 5.95 Å². The average Bonchev–Trinajstić information content (AvgIpc) is 3.98. The van der Waals surface area contributed by atoms with Crippen LogP contribution < -0.4 is 0 Å². The Bertz CT molecular complexity index is 3820. The summed E-state index contributed by atoms with van der Waals surface area (Å²) in [6, 6.07) is 64.7. The van der Waals surface area contributed by atoms with Crippen molar-refractivity contribution in [2.24, 2.45) is 0 Å². The third-order valence-electron chi connectivity index (χ3n) is 13.0. The third kappa shape index (κ3) is 5.60. The highest BCUT2D eigenvalue weighted by Gasteiger charge is 2.37. The van der Waals surface area contributed by atoms with Crippen molar-refractivity contribution in [1.82, 2.24) is 19.5 Å². The number of rotatable bonds is 4. The van der Waals surface area contributed by atoms with Crippen LogP contribution in [0.4, 0.5) is 0 Å². The first-order valence-electron chi connectivity index (χ1n) is 22.3. The number of hydrogen-bond acceptors (Lipinski definition) is 4. The van der Waals surface area contributed by atoms with E-state index in [2.05, 4.69) is 178 Å². The van der Waals surface area contributed by atoms with Gasteiger partial charge in [0, 0.05) is 49.0 Å². The van der Waals surface area contributed by atoms with E-state index in [9.17, 15) is 0 Å². The lowest BCUT2D eigenvalue weighted by atomic mass is 9.82. The molecule has 306 valence electrons. The number of hydrogen-bond donors (Lipinski definition) is 0. The minimum atomic E-state index is -0.149. The van der Waals surface area contributed by atoms with Crippen LogP contribution in [0.25, 0.3) is 116 Å². The van der Waals surface area contributed by atoms with E-state index in [0.717, 1.165) is 60.4 Å². The van der Waals surface area contributed by atoms with E-state index >= 15 is 0 Å². The molecule has 13 rings (SSSR count). The van der Waals surface area contributed by atoms with Crippen LogP contribution in [0.1, 0.15) is 45.2 Å². The third-order valence-corrected chi connectivity index (χ3v) is 13.0. The number of nitrogens with zero attached hydrogens (tertiary/aromatic N) is 4. The summed E-state index contributed by atoms with van der Waals surface area (Å²) in [5.74, 6) is 1.72. The molecule has 3 aromatic heterocycles. The number of para-hydroxylation sites is 2. The summed E-state index contributed by atoms with van der Waals surface area (Å²) < 4.78 is 8.73. The van der Waals surface area contributed by atoms with Gasteiger partial charge in [-0.05, 0) is 62.2 Å². The summed E-state index contributed by atoms with van der Waals surface area (Å²) in [5, 5.41) is 9.18. The summed E-state index contributed by atoms with van der Waals surface area (Å²) in [7, 11) is 0. The topological polar surface area (TPSA) is 56.7 Å². The van der Waals surface area contributed by atoms with Gasteiger partial charge in [-0.15, -0.1) is 0 Å². The fourth-order valence-corrected chi connectivity index (χ4v) is 10.3. The molecule has 0 radical (unpaired) electrons. The molecule has 0 amide bonds. The Balaban J connectivity index is 0.00000141. The van der Waals surface area contributed by atoms with Gasteiger partial charge in [-0.1, -0.05) is 198 Å². The minimum Gasteiger partial charge on any atom is -0.456 e. The second-order valence-electron chi connectivity index (χ2n) is 17.4. The normalized spacial score (nSPS) is 12.9. The molecule has 0 fully saturated rings. The molecule has 0 atom stereocenters. The Labute approximate surface area is 371 Å². The summed E-state index contributed by atoms with van der Waals surface area (Å²) in [4.78, 5) is 16.1. The largest absolute Gasteiger partial charge is 0.456 e. The summed E-state index contributed by atoms with van der Waals surface area (Å²) in [6.45, 7) is 8.94. The first-order chi connectivity index (χ1) is 31.4. The summed E-state index contributed by atoms with van der Waals surface area (Å²) in [6.07, 6.45) is 1.25. The average molecular weight is 825 g/mol. The Kier molecular flexibility index (Phi) is 8.63. The second kappa shape index (κ2) is 14.6. The van der Waals surface area contributed by atoms with Gasteiger partial charge in [-0.2, -0.15) is 9.97 Å². The molecule has 0 bridgehead atoms. The van der Waals surface area contributed by atoms with Crippen LogP contribution in [0.3, 0.4) is 0 Å². The van der Waals surface area contributed by atoms with Crippen molar-refractivity contribution in [3.8, 4) is 51.0 Å². The lowest BCUT2D eigenvalue weighted by Crippen LogP contribution is -2.14. The number of furan rings is 1. The van der Waals surface area contributed by atoms with Gasteiger partial charge in [-0.25, -0.2) is 4.98 Å². The fourth-order valence-electron chi connectivity index (χ4n) is 10.3. The SMILES string of the molecule is CC1(C)c2ccccc2-c2c(-c3cccc4c5c6ccccc6c6ccccc6c5n(-c5nc(-c6ccccc6)nc(-c6ccc7c(c6)oc6ccccc67)n5)c34)cccc21.CCC. The molecular weight excluding hydrogens is 781 g/mol. The van der Waals surface area contributed by atoms with Crippen molar-refractivity contribution in [3.05, 3.63) is 193 Å². The molecule has 0 saturated carbocycles. The van der Waals surface area contributed by atoms with Gasteiger partial charge >= 0.3 is 0 Å². The van der Waals surface area contributed by atoms with Crippen LogP contribution >= 0.6 is 0 Å². The molecule has 64 heavy (non-hydrogen) atoms. The van der Waals surface area contributed by atoms with Crippen LogP contribution in [-0.2, 0) is 5.41 Å². The quantitative estimate of drug-likeness (QED) is 0.166. The van der Waals surface area contributed by atoms with Crippen molar-refractivity contribution < 1.29 is 4.42 Å². The summed E-state index contributed by atoms with van der Waals surface area (Å²) >= 11 is 0. The van der Waals surface area contributed by atoms with Crippen LogP contribution in [0.2, 0.25) is 0 Å². The lowest BCUT2D eigenvalue weighted by molar-refractivity contribution is 0.660. The van der Waals surface area contributed by atoms with E-state index < -0.39 is 0 Å². The van der Waals surface area contributed by atoms with Crippen LogP contribution in [0.5, 0.6) is 0 Å². The second-order valence-corrected chi connectivity index (χ2v) is 17.4. The smallest absolute Gasteiger partial charge is 0.238 e. The molecule has 0 aliphatic heterocycles. The van der Waals surface area contributed by atoms with E-state index in [-0.39, 0.29) is 5.41 Å². The molecule has 0 unspecified atom stereocenters. The van der Waals surface area contributed by atoms with Crippen molar-refractivity contribution in [2.75, 3.05) is 0 Å².